The van der Waals surface area contributed by atoms with Gasteiger partial charge in [0.1, 0.15) is 0 Å². The van der Waals surface area contributed by atoms with Gasteiger partial charge in [-0.15, -0.1) is 0 Å². The predicted molar refractivity (Wildman–Crippen MR) is 108 cm³/mol. The molecule has 0 radical (unpaired) electrons. The Kier molecular flexibility index (Phi) is 5.94. The van der Waals surface area contributed by atoms with E-state index in [4.69, 9.17) is 0 Å². The molecule has 0 unspecified atom stereocenters. The fourth-order valence-corrected chi connectivity index (χ4v) is 4.53. The molecule has 138 valence electrons. The Morgan fingerprint density at radius 1 is 1.04 bits per heavy atom. The average molecular weight is 370 g/mol. The van der Waals surface area contributed by atoms with Crippen LogP contribution in [0.25, 0.3) is 16.7 Å². The first-order valence-electron chi connectivity index (χ1n) is 9.41. The summed E-state index contributed by atoms with van der Waals surface area (Å²) in [6.45, 7) is 4.70. The van der Waals surface area contributed by atoms with Crippen molar-refractivity contribution in [2.24, 2.45) is 0 Å². The van der Waals surface area contributed by atoms with Crippen molar-refractivity contribution < 1.29 is 8.42 Å². The van der Waals surface area contributed by atoms with E-state index < -0.39 is 10.0 Å². The summed E-state index contributed by atoms with van der Waals surface area (Å²) < 4.78 is 28.1. The maximum Gasteiger partial charge on any atom is 0.241 e. The van der Waals surface area contributed by atoms with Gasteiger partial charge >= 0.3 is 0 Å². The maximum atomic E-state index is 12.7. The van der Waals surface area contributed by atoms with Gasteiger partial charge in [-0.1, -0.05) is 61.4 Å². The van der Waals surface area contributed by atoms with Gasteiger partial charge < -0.3 is 0 Å². The van der Waals surface area contributed by atoms with Crippen LogP contribution < -0.4 is 4.72 Å². The molecule has 26 heavy (non-hydrogen) atoms. The first kappa shape index (κ1) is 18.9. The van der Waals surface area contributed by atoms with Crippen LogP contribution >= 0.6 is 0 Å². The third-order valence-electron chi connectivity index (χ3n) is 5.12. The van der Waals surface area contributed by atoms with E-state index in [0.29, 0.717) is 11.4 Å². The average Bonchev–Trinajstić information content (AvgIpc) is 2.60. The minimum Gasteiger partial charge on any atom is -0.211 e. The monoisotopic (exact) mass is 369 g/mol. The lowest BCUT2D eigenvalue weighted by Gasteiger charge is -2.20. The molecule has 2 aromatic rings. The molecule has 0 aliphatic heterocycles. The first-order chi connectivity index (χ1) is 12.5. The number of nitrogens with one attached hydrogen (secondary N) is 1. The molecular weight excluding hydrogens is 342 g/mol. The van der Waals surface area contributed by atoms with Crippen LogP contribution in [0.5, 0.6) is 0 Å². The van der Waals surface area contributed by atoms with Crippen molar-refractivity contribution in [1.82, 2.24) is 4.72 Å². The highest BCUT2D eigenvalue weighted by atomic mass is 32.2. The zero-order chi connectivity index (χ0) is 18.6. The molecule has 1 saturated carbocycles. The molecule has 0 bridgehead atoms. The van der Waals surface area contributed by atoms with E-state index in [2.05, 4.69) is 23.8 Å². The number of hydrogen-bond donors (Lipinski definition) is 1. The van der Waals surface area contributed by atoms with Gasteiger partial charge in [-0.05, 0) is 55.4 Å². The molecule has 0 atom stereocenters. The Balaban J connectivity index is 1.90. The van der Waals surface area contributed by atoms with E-state index in [1.165, 1.54) is 30.4 Å². The van der Waals surface area contributed by atoms with E-state index >= 15 is 0 Å². The van der Waals surface area contributed by atoms with Gasteiger partial charge in [0.15, 0.2) is 0 Å². The van der Waals surface area contributed by atoms with Crippen molar-refractivity contribution in [2.75, 3.05) is 6.54 Å². The summed E-state index contributed by atoms with van der Waals surface area (Å²) >= 11 is 0. The lowest BCUT2D eigenvalue weighted by molar-refractivity contribution is 0.578. The molecule has 1 N–H and O–H groups in total. The summed E-state index contributed by atoms with van der Waals surface area (Å²) in [5.74, 6) is 0. The summed E-state index contributed by atoms with van der Waals surface area (Å²) in [7, 11) is -3.51. The van der Waals surface area contributed by atoms with Gasteiger partial charge in [0.25, 0.3) is 0 Å². The van der Waals surface area contributed by atoms with Gasteiger partial charge in [0.05, 0.1) is 4.90 Å². The van der Waals surface area contributed by atoms with E-state index in [-0.39, 0.29) is 0 Å². The third-order valence-corrected chi connectivity index (χ3v) is 6.63. The van der Waals surface area contributed by atoms with E-state index in [0.717, 1.165) is 24.0 Å². The van der Waals surface area contributed by atoms with Crippen LogP contribution in [0, 0.1) is 0 Å². The molecule has 0 aromatic heterocycles. The van der Waals surface area contributed by atoms with Crippen LogP contribution in [0.2, 0.25) is 0 Å². The minimum absolute atomic E-state index is 0.345. The second-order valence-electron chi connectivity index (χ2n) is 6.91. The molecule has 1 aliphatic carbocycles. The Labute approximate surface area is 157 Å². The topological polar surface area (TPSA) is 46.2 Å². The second kappa shape index (κ2) is 8.19. The Bertz CT molecular complexity index is 890. The molecule has 2 aromatic carbocycles. The summed E-state index contributed by atoms with van der Waals surface area (Å²) in [5.41, 5.74) is 5.81. The van der Waals surface area contributed by atoms with Crippen LogP contribution in [0.1, 0.15) is 51.5 Å². The van der Waals surface area contributed by atoms with Gasteiger partial charge in [-0.25, -0.2) is 13.1 Å². The molecule has 0 saturated heterocycles. The van der Waals surface area contributed by atoms with E-state index in [1.807, 2.05) is 31.2 Å². The normalized spacial score (nSPS) is 14.2. The Hall–Kier alpha value is -1.91. The SMILES string of the molecule is CCCCNS(=O)(=O)c1ccccc1-c1ccc(C(C)=C2CCC2)cc1. The van der Waals surface area contributed by atoms with Crippen LogP contribution in [-0.2, 0) is 10.0 Å². The highest BCUT2D eigenvalue weighted by Gasteiger charge is 2.19. The van der Waals surface area contributed by atoms with Crippen LogP contribution in [0.4, 0.5) is 0 Å². The fourth-order valence-electron chi connectivity index (χ4n) is 3.23. The quantitative estimate of drug-likeness (QED) is 0.665. The molecule has 1 fully saturated rings. The predicted octanol–water partition coefficient (Wildman–Crippen LogP) is 5.39. The second-order valence-corrected chi connectivity index (χ2v) is 8.64. The van der Waals surface area contributed by atoms with Gasteiger partial charge in [-0.2, -0.15) is 0 Å². The standard InChI is InChI=1S/C22H27NO2S/c1-3-4-16-23-26(24,25)22-11-6-5-10-21(22)20-14-12-19(13-15-20)17(2)18-8-7-9-18/h5-6,10-15,23H,3-4,7-9,16H2,1-2H3. The van der Waals surface area contributed by atoms with Crippen LogP contribution in [-0.4, -0.2) is 15.0 Å². The summed E-state index contributed by atoms with van der Waals surface area (Å²) in [5, 5.41) is 0. The van der Waals surface area contributed by atoms with Gasteiger partial charge in [-0.3, -0.25) is 0 Å². The molecule has 3 rings (SSSR count). The highest BCUT2D eigenvalue weighted by Crippen LogP contribution is 2.34. The van der Waals surface area contributed by atoms with Crippen molar-refractivity contribution in [2.45, 2.75) is 50.8 Å². The molecule has 1 aliphatic rings. The van der Waals surface area contributed by atoms with Crippen LogP contribution in [0.15, 0.2) is 59.0 Å². The van der Waals surface area contributed by atoms with Crippen LogP contribution in [0.3, 0.4) is 0 Å². The van der Waals surface area contributed by atoms with E-state index in [9.17, 15) is 8.42 Å². The lowest BCUT2D eigenvalue weighted by Crippen LogP contribution is -2.25. The fraction of sp³-hybridized carbons (Fsp3) is 0.364. The first-order valence-corrected chi connectivity index (χ1v) is 10.9. The maximum absolute atomic E-state index is 12.7. The number of benzene rings is 2. The zero-order valence-electron chi connectivity index (χ0n) is 15.6. The number of allylic oxidation sites excluding steroid dienone is 2. The number of sulfonamides is 1. The summed E-state index contributed by atoms with van der Waals surface area (Å²) in [6.07, 6.45) is 5.50. The van der Waals surface area contributed by atoms with Crippen molar-refractivity contribution in [3.8, 4) is 11.1 Å². The molecular formula is C22H27NO2S. The van der Waals surface area contributed by atoms with Crippen molar-refractivity contribution in [3.05, 3.63) is 59.7 Å². The summed E-state index contributed by atoms with van der Waals surface area (Å²) in [4.78, 5) is 0.345. The van der Waals surface area contributed by atoms with Gasteiger partial charge in [0, 0.05) is 12.1 Å². The largest absolute Gasteiger partial charge is 0.241 e. The molecule has 0 amide bonds. The molecule has 3 nitrogen and oxygen atoms in total. The Morgan fingerprint density at radius 3 is 2.35 bits per heavy atom. The summed E-state index contributed by atoms with van der Waals surface area (Å²) in [6, 6.07) is 15.5. The number of rotatable bonds is 7. The molecule has 0 heterocycles. The highest BCUT2D eigenvalue weighted by molar-refractivity contribution is 7.89. The van der Waals surface area contributed by atoms with Crippen molar-refractivity contribution >= 4 is 15.6 Å². The lowest BCUT2D eigenvalue weighted by atomic mass is 9.86. The molecule has 0 spiro atoms. The van der Waals surface area contributed by atoms with E-state index in [1.54, 1.807) is 17.7 Å². The number of unbranched alkanes of at least 4 members (excludes halogenated alkanes) is 1. The smallest absolute Gasteiger partial charge is 0.211 e. The third kappa shape index (κ3) is 4.08. The van der Waals surface area contributed by atoms with Crippen molar-refractivity contribution in [1.29, 1.82) is 0 Å². The minimum atomic E-state index is -3.51. The Morgan fingerprint density at radius 2 is 1.73 bits per heavy atom. The zero-order valence-corrected chi connectivity index (χ0v) is 16.4. The number of hydrogen-bond acceptors (Lipinski definition) is 2. The van der Waals surface area contributed by atoms with Crippen molar-refractivity contribution in [3.63, 3.8) is 0 Å². The molecule has 4 heteroatoms. The van der Waals surface area contributed by atoms with Gasteiger partial charge in [0.2, 0.25) is 10.0 Å².